The van der Waals surface area contributed by atoms with Crippen molar-refractivity contribution in [2.75, 3.05) is 39.2 Å². The molecule has 1 aromatic carbocycles. The molecule has 3 aliphatic carbocycles. The van der Waals surface area contributed by atoms with Gasteiger partial charge < -0.3 is 35.8 Å². The summed E-state index contributed by atoms with van der Waals surface area (Å²) in [6, 6.07) is 1.55. The van der Waals surface area contributed by atoms with Crippen molar-refractivity contribution in [2.24, 2.45) is 17.6 Å². The van der Waals surface area contributed by atoms with Crippen LogP contribution >= 0.6 is 0 Å². The quantitative estimate of drug-likeness (QED) is 0.301. The molecular formula is C28H37N3O8. The Labute approximate surface area is 227 Å². The van der Waals surface area contributed by atoms with Crippen LogP contribution in [0.2, 0.25) is 0 Å². The van der Waals surface area contributed by atoms with Gasteiger partial charge >= 0.3 is 0 Å². The van der Waals surface area contributed by atoms with Gasteiger partial charge in [-0.3, -0.25) is 19.3 Å². The van der Waals surface area contributed by atoms with Crippen LogP contribution in [0.3, 0.4) is 0 Å². The Morgan fingerprint density at radius 2 is 1.85 bits per heavy atom. The lowest BCUT2D eigenvalue weighted by molar-refractivity contribution is -0.147. The van der Waals surface area contributed by atoms with E-state index in [1.54, 1.807) is 6.07 Å². The summed E-state index contributed by atoms with van der Waals surface area (Å²) in [4.78, 5) is 42.0. The van der Waals surface area contributed by atoms with Gasteiger partial charge in [0.1, 0.15) is 22.8 Å². The number of anilines is 1. The number of carbonyl (C=O) groups excluding carboxylic acids is 3. The summed E-state index contributed by atoms with van der Waals surface area (Å²) < 4.78 is 5.65. The number of ether oxygens (including phenoxy) is 1. The zero-order chi connectivity index (χ0) is 29.0. The molecule has 212 valence electrons. The van der Waals surface area contributed by atoms with Crippen LogP contribution in [-0.4, -0.2) is 88.8 Å². The van der Waals surface area contributed by atoms with Gasteiger partial charge in [0.15, 0.2) is 11.4 Å². The molecule has 0 aliphatic heterocycles. The van der Waals surface area contributed by atoms with Crippen LogP contribution < -0.4 is 10.6 Å². The number of nitrogens with two attached hydrogens (primary N) is 1. The number of aliphatic hydroxyl groups excluding tert-OH is 2. The third-order valence-electron chi connectivity index (χ3n) is 7.93. The largest absolute Gasteiger partial charge is 0.508 e. The standard InChI is InChI=1S/C28H37N3O8/c1-13(2)39-7-6-31(5)12-15-10-18(32)21-17(23(15)30(3)4)9-14-8-16-11-19(33)22(27(29)37)26(36)28(16,38)25(35)20(14)24(21)34/h10,13-14,16,32,34,36,38H,6-9,11-12H2,1-5H3,(H2,29,37)/t14?,16-,28-/m0/s1. The lowest BCUT2D eigenvalue weighted by atomic mass is 9.59. The first-order chi connectivity index (χ1) is 18.2. The van der Waals surface area contributed by atoms with Crippen LogP contribution in [0.4, 0.5) is 5.69 Å². The molecule has 1 unspecified atom stereocenters. The number of ketones is 2. The Hall–Kier alpha value is -3.41. The van der Waals surface area contributed by atoms with Crippen LogP contribution in [0.25, 0.3) is 5.76 Å². The first kappa shape index (κ1) is 28.6. The third-order valence-corrected chi connectivity index (χ3v) is 7.93. The summed E-state index contributed by atoms with van der Waals surface area (Å²) in [6.07, 6.45) is 0.107. The molecule has 0 heterocycles. The number of fused-ring (bicyclic) bond motifs is 3. The lowest BCUT2D eigenvalue weighted by Gasteiger charge is -2.46. The molecule has 4 rings (SSSR count). The molecule has 39 heavy (non-hydrogen) atoms. The fourth-order valence-corrected chi connectivity index (χ4v) is 6.24. The van der Waals surface area contributed by atoms with E-state index in [9.17, 15) is 34.8 Å². The number of rotatable bonds is 8. The number of nitrogens with zero attached hydrogens (tertiary/aromatic N) is 2. The average molecular weight is 544 g/mol. The molecule has 1 amide bonds. The number of amides is 1. The molecule has 0 aromatic heterocycles. The molecule has 11 heteroatoms. The predicted octanol–water partition coefficient (Wildman–Crippen LogP) is 1.35. The zero-order valence-corrected chi connectivity index (χ0v) is 22.9. The minimum absolute atomic E-state index is 0.0837. The Kier molecular flexibility index (Phi) is 7.54. The Morgan fingerprint density at radius 3 is 2.44 bits per heavy atom. The van der Waals surface area contributed by atoms with Crippen molar-refractivity contribution in [3.05, 3.63) is 39.7 Å². The van der Waals surface area contributed by atoms with Gasteiger partial charge in [0.25, 0.3) is 5.91 Å². The summed E-state index contributed by atoms with van der Waals surface area (Å²) >= 11 is 0. The number of aliphatic hydroxyl groups is 3. The first-order valence-corrected chi connectivity index (χ1v) is 13.0. The Balaban J connectivity index is 1.80. The van der Waals surface area contributed by atoms with Crippen LogP contribution in [0.5, 0.6) is 5.75 Å². The molecule has 0 saturated heterocycles. The van der Waals surface area contributed by atoms with Crippen LogP contribution in [0.15, 0.2) is 23.0 Å². The second-order valence-electron chi connectivity index (χ2n) is 11.2. The van der Waals surface area contributed by atoms with Crippen LogP contribution in [-0.2, 0) is 32.1 Å². The molecule has 0 radical (unpaired) electrons. The average Bonchev–Trinajstić information content (AvgIpc) is 2.80. The highest BCUT2D eigenvalue weighted by atomic mass is 16.5. The van der Waals surface area contributed by atoms with Gasteiger partial charge in [0, 0.05) is 50.8 Å². The fraction of sp³-hybridized carbons (Fsp3) is 0.536. The summed E-state index contributed by atoms with van der Waals surface area (Å²) in [7, 11) is 5.65. The highest BCUT2D eigenvalue weighted by molar-refractivity contribution is 6.22. The topological polar surface area (TPSA) is 174 Å². The number of benzene rings is 1. The molecule has 1 saturated carbocycles. The monoisotopic (exact) mass is 543 g/mol. The third kappa shape index (κ3) is 4.68. The Morgan fingerprint density at radius 1 is 1.18 bits per heavy atom. The highest BCUT2D eigenvalue weighted by Crippen LogP contribution is 2.53. The predicted molar refractivity (Wildman–Crippen MR) is 143 cm³/mol. The molecule has 3 aliphatic rings. The SMILES string of the molecule is CC(C)OCCN(C)Cc1cc(O)c2c(c1N(C)C)CC1C[C@H]3CC(=O)C(C(N)=O)=C(O)[C@@]3(O)C(=O)C1=C2O. The van der Waals surface area contributed by atoms with Gasteiger partial charge in [-0.05, 0) is 56.8 Å². The van der Waals surface area contributed by atoms with Crippen molar-refractivity contribution in [2.45, 2.75) is 51.4 Å². The molecule has 1 aromatic rings. The van der Waals surface area contributed by atoms with E-state index in [1.807, 2.05) is 39.9 Å². The van der Waals surface area contributed by atoms with E-state index in [0.717, 1.165) is 11.3 Å². The number of phenols is 1. The number of primary amides is 1. The van der Waals surface area contributed by atoms with Crippen molar-refractivity contribution in [1.82, 2.24) is 4.90 Å². The molecule has 0 spiro atoms. The molecule has 1 fully saturated rings. The lowest BCUT2D eigenvalue weighted by Crippen LogP contribution is -2.58. The van der Waals surface area contributed by atoms with Gasteiger partial charge in [-0.15, -0.1) is 0 Å². The van der Waals surface area contributed by atoms with Gasteiger partial charge in [-0.2, -0.15) is 0 Å². The van der Waals surface area contributed by atoms with Crippen molar-refractivity contribution < 1.29 is 39.5 Å². The van der Waals surface area contributed by atoms with E-state index in [-0.39, 0.29) is 42.3 Å². The summed E-state index contributed by atoms with van der Waals surface area (Å²) in [5, 5.41) is 44.5. The zero-order valence-electron chi connectivity index (χ0n) is 22.9. The second kappa shape index (κ2) is 10.3. The van der Waals surface area contributed by atoms with Crippen LogP contribution in [0, 0.1) is 11.8 Å². The molecule has 6 N–H and O–H groups in total. The summed E-state index contributed by atoms with van der Waals surface area (Å²) in [6.45, 7) is 5.62. The highest BCUT2D eigenvalue weighted by Gasteiger charge is 2.60. The minimum atomic E-state index is -2.57. The summed E-state index contributed by atoms with van der Waals surface area (Å²) in [5.74, 6) is -6.37. The second-order valence-corrected chi connectivity index (χ2v) is 11.2. The van der Waals surface area contributed by atoms with Gasteiger partial charge in [0.2, 0.25) is 5.78 Å². The Bertz CT molecular complexity index is 1300. The number of aromatic hydroxyl groups is 1. The van der Waals surface area contributed by atoms with Crippen molar-refractivity contribution in [3.8, 4) is 5.75 Å². The smallest absolute Gasteiger partial charge is 0.255 e. The number of carbonyl (C=O) groups is 3. The first-order valence-electron chi connectivity index (χ1n) is 13.0. The number of Topliss-reactive ketones (excluding diaryl/α,β-unsaturated/α-hetero) is 2. The van der Waals surface area contributed by atoms with Gasteiger partial charge in [-0.1, -0.05) is 0 Å². The van der Waals surface area contributed by atoms with E-state index in [4.69, 9.17) is 10.5 Å². The maximum absolute atomic E-state index is 13.7. The summed E-state index contributed by atoms with van der Waals surface area (Å²) in [5.41, 5.74) is 4.05. The van der Waals surface area contributed by atoms with E-state index in [0.29, 0.717) is 25.3 Å². The van der Waals surface area contributed by atoms with E-state index in [2.05, 4.69) is 4.90 Å². The van der Waals surface area contributed by atoms with Crippen molar-refractivity contribution in [1.29, 1.82) is 0 Å². The van der Waals surface area contributed by atoms with E-state index >= 15 is 0 Å². The van der Waals surface area contributed by atoms with E-state index in [1.165, 1.54) is 0 Å². The normalized spacial score (nSPS) is 24.7. The molecule has 3 atom stereocenters. The van der Waals surface area contributed by atoms with Gasteiger partial charge in [0.05, 0.1) is 18.3 Å². The molecular weight excluding hydrogens is 506 g/mol. The number of phenolic OH excluding ortho intramolecular Hbond substituents is 1. The number of hydrogen-bond donors (Lipinski definition) is 5. The van der Waals surface area contributed by atoms with Crippen LogP contribution in [0.1, 0.15) is 43.4 Å². The number of likely N-dealkylation sites (N-methyl/N-ethyl adjacent to an activating group) is 1. The van der Waals surface area contributed by atoms with Crippen molar-refractivity contribution in [3.63, 3.8) is 0 Å². The minimum Gasteiger partial charge on any atom is -0.508 e. The van der Waals surface area contributed by atoms with E-state index < -0.39 is 52.0 Å². The molecule has 0 bridgehead atoms. The molecule has 11 nitrogen and oxygen atoms in total. The fourth-order valence-electron chi connectivity index (χ4n) is 6.24. The maximum Gasteiger partial charge on any atom is 0.255 e. The van der Waals surface area contributed by atoms with Crippen molar-refractivity contribution >= 4 is 28.9 Å². The maximum atomic E-state index is 13.7. The van der Waals surface area contributed by atoms with Gasteiger partial charge in [-0.25, -0.2) is 0 Å². The number of hydrogen-bond acceptors (Lipinski definition) is 10.